The second-order valence-electron chi connectivity index (χ2n) is 7.64. The van der Waals surface area contributed by atoms with Crippen LogP contribution in [-0.2, 0) is 4.79 Å². The Labute approximate surface area is 179 Å². The van der Waals surface area contributed by atoms with E-state index in [1.165, 1.54) is 12.8 Å². The van der Waals surface area contributed by atoms with Crippen molar-refractivity contribution in [2.45, 2.75) is 44.0 Å². The van der Waals surface area contributed by atoms with E-state index < -0.39 is 0 Å². The van der Waals surface area contributed by atoms with Crippen molar-refractivity contribution in [3.05, 3.63) is 59.5 Å². The first-order valence-corrected chi connectivity index (χ1v) is 11.3. The Hall–Kier alpha value is -2.87. The Morgan fingerprint density at radius 1 is 1.13 bits per heavy atom. The van der Waals surface area contributed by atoms with E-state index in [9.17, 15) is 4.79 Å². The van der Waals surface area contributed by atoms with E-state index in [1.807, 2.05) is 19.1 Å². The fraction of sp³-hybridized carbons (Fsp3) is 0.364. The van der Waals surface area contributed by atoms with Crippen LogP contribution in [0.4, 0.5) is 5.82 Å². The molecule has 2 aromatic heterocycles. The summed E-state index contributed by atoms with van der Waals surface area (Å²) in [5.41, 5.74) is 2.96. The maximum Gasteiger partial charge on any atom is 0.252 e. The molecule has 0 unspecified atom stereocenters. The lowest BCUT2D eigenvalue weighted by molar-refractivity contribution is -0.113. The molecular weight excluding hydrogens is 398 g/mol. The van der Waals surface area contributed by atoms with Crippen LogP contribution in [0.25, 0.3) is 5.95 Å². The quantitative estimate of drug-likeness (QED) is 0.684. The molecular formula is C22H23N5O2S. The number of fused-ring (bicyclic) bond motifs is 1. The van der Waals surface area contributed by atoms with Crippen molar-refractivity contribution < 1.29 is 9.53 Å². The zero-order chi connectivity index (χ0) is 20.5. The Bertz CT molecular complexity index is 1050. The van der Waals surface area contributed by atoms with Gasteiger partial charge in [-0.1, -0.05) is 12.1 Å². The number of hydrogen-bond acceptors (Lipinski definition) is 6. The molecule has 7 nitrogen and oxygen atoms in total. The van der Waals surface area contributed by atoms with Crippen LogP contribution in [0.1, 0.15) is 47.8 Å². The van der Waals surface area contributed by atoms with Crippen LogP contribution in [0, 0.1) is 6.92 Å². The van der Waals surface area contributed by atoms with E-state index in [1.54, 1.807) is 34.9 Å². The average molecular weight is 422 g/mol. The lowest BCUT2D eigenvalue weighted by atomic mass is 10.0. The van der Waals surface area contributed by atoms with Gasteiger partial charge in [0.15, 0.2) is 0 Å². The molecule has 0 radical (unpaired) electrons. The van der Waals surface area contributed by atoms with Gasteiger partial charge in [-0.2, -0.15) is 9.78 Å². The number of amides is 1. The van der Waals surface area contributed by atoms with Crippen LogP contribution in [0.5, 0.6) is 5.75 Å². The summed E-state index contributed by atoms with van der Waals surface area (Å²) in [6, 6.07) is 10.0. The molecule has 1 amide bonds. The van der Waals surface area contributed by atoms with Crippen molar-refractivity contribution in [3.63, 3.8) is 0 Å². The summed E-state index contributed by atoms with van der Waals surface area (Å²) in [5, 5.41) is 7.63. The molecule has 8 heteroatoms. The molecule has 5 rings (SSSR count). The van der Waals surface area contributed by atoms with Crippen LogP contribution in [0.2, 0.25) is 0 Å². The lowest BCUT2D eigenvalue weighted by Crippen LogP contribution is -2.16. The molecule has 2 aliphatic rings. The number of hydrogen-bond donors (Lipinski definition) is 1. The summed E-state index contributed by atoms with van der Waals surface area (Å²) < 4.78 is 7.73. The van der Waals surface area contributed by atoms with Crippen LogP contribution in [0.15, 0.2) is 42.7 Å². The third-order valence-corrected chi connectivity index (χ3v) is 6.81. The number of carbonyl (C=O) groups excluding carboxylic acids is 1. The van der Waals surface area contributed by atoms with Gasteiger partial charge in [0.2, 0.25) is 5.91 Å². The first-order chi connectivity index (χ1) is 14.7. The number of aromatic nitrogens is 4. The summed E-state index contributed by atoms with van der Waals surface area (Å²) in [7, 11) is 0. The summed E-state index contributed by atoms with van der Waals surface area (Å²) in [4.78, 5) is 21.0. The summed E-state index contributed by atoms with van der Waals surface area (Å²) in [5.74, 6) is 2.30. The molecule has 1 aromatic carbocycles. The van der Waals surface area contributed by atoms with E-state index in [4.69, 9.17) is 4.74 Å². The van der Waals surface area contributed by atoms with Gasteiger partial charge in [-0.15, -0.1) is 11.8 Å². The molecule has 3 heterocycles. The van der Waals surface area contributed by atoms with E-state index in [-0.39, 0.29) is 11.2 Å². The summed E-state index contributed by atoms with van der Waals surface area (Å²) >= 11 is 1.60. The van der Waals surface area contributed by atoms with Crippen molar-refractivity contribution in [2.75, 3.05) is 11.1 Å². The molecule has 3 aromatic rings. The molecule has 1 aliphatic carbocycles. The number of nitrogens with zero attached hydrogens (tertiary/aromatic N) is 4. The van der Waals surface area contributed by atoms with Gasteiger partial charge >= 0.3 is 0 Å². The normalized spacial score (nSPS) is 19.2. The fourth-order valence-electron chi connectivity index (χ4n) is 4.11. The van der Waals surface area contributed by atoms with Crippen LogP contribution in [0.3, 0.4) is 0 Å². The predicted octanol–water partition coefficient (Wildman–Crippen LogP) is 4.07. The number of aryl methyl sites for hydroxylation is 1. The van der Waals surface area contributed by atoms with Crippen LogP contribution in [-0.4, -0.2) is 37.5 Å². The highest BCUT2D eigenvalue weighted by Crippen LogP contribution is 2.44. The minimum absolute atomic E-state index is 0.0167. The molecule has 1 fully saturated rings. The van der Waals surface area contributed by atoms with E-state index in [2.05, 4.69) is 32.5 Å². The van der Waals surface area contributed by atoms with Crippen LogP contribution >= 0.6 is 11.8 Å². The van der Waals surface area contributed by atoms with Gasteiger partial charge in [0, 0.05) is 18.0 Å². The number of carbonyl (C=O) groups is 1. The zero-order valence-corrected chi connectivity index (χ0v) is 17.6. The Morgan fingerprint density at radius 2 is 1.87 bits per heavy atom. The average Bonchev–Trinajstić information content (AvgIpc) is 3.34. The lowest BCUT2D eigenvalue weighted by Gasteiger charge is -2.17. The summed E-state index contributed by atoms with van der Waals surface area (Å²) in [6.45, 7) is 1.96. The molecule has 1 aliphatic heterocycles. The molecule has 1 atom stereocenters. The highest BCUT2D eigenvalue weighted by molar-refractivity contribution is 8.00. The molecule has 0 bridgehead atoms. The van der Waals surface area contributed by atoms with E-state index in [0.29, 0.717) is 23.6 Å². The third-order valence-electron chi connectivity index (χ3n) is 5.54. The first kappa shape index (κ1) is 19.1. The monoisotopic (exact) mass is 421 g/mol. The molecule has 0 saturated heterocycles. The maximum absolute atomic E-state index is 12.4. The number of rotatable bonds is 4. The van der Waals surface area contributed by atoms with Crippen molar-refractivity contribution in [2.24, 2.45) is 0 Å². The number of benzene rings is 1. The minimum Gasteiger partial charge on any atom is -0.490 e. The number of ether oxygens (including phenoxy) is 1. The second-order valence-corrected chi connectivity index (χ2v) is 8.73. The highest BCUT2D eigenvalue weighted by Gasteiger charge is 2.31. The Balaban J connectivity index is 1.49. The van der Waals surface area contributed by atoms with Gasteiger partial charge in [-0.25, -0.2) is 9.97 Å². The van der Waals surface area contributed by atoms with Gasteiger partial charge in [0.05, 0.1) is 22.8 Å². The van der Waals surface area contributed by atoms with E-state index >= 15 is 0 Å². The SMILES string of the molecule is Cc1nn(-c2ncccn2)c2c1[C@@H](c1ccc(OC3CCCC3)cc1)SCC(=O)N2. The van der Waals surface area contributed by atoms with Gasteiger partial charge in [-0.05, 0) is 56.4 Å². The molecule has 1 saturated carbocycles. The van der Waals surface area contributed by atoms with Gasteiger partial charge in [-0.3, -0.25) is 4.79 Å². The second kappa shape index (κ2) is 8.10. The predicted molar refractivity (Wildman–Crippen MR) is 116 cm³/mol. The number of nitrogens with one attached hydrogen (secondary N) is 1. The highest BCUT2D eigenvalue weighted by atomic mass is 32.2. The molecule has 0 spiro atoms. The fourth-order valence-corrected chi connectivity index (χ4v) is 5.30. The van der Waals surface area contributed by atoms with Gasteiger partial charge in [0.1, 0.15) is 11.6 Å². The summed E-state index contributed by atoms with van der Waals surface area (Å²) in [6.07, 6.45) is 8.44. The van der Waals surface area contributed by atoms with Crippen molar-refractivity contribution in [3.8, 4) is 11.7 Å². The third kappa shape index (κ3) is 3.67. The first-order valence-electron chi connectivity index (χ1n) is 10.2. The van der Waals surface area contributed by atoms with Crippen molar-refractivity contribution >= 4 is 23.5 Å². The topological polar surface area (TPSA) is 81.9 Å². The zero-order valence-electron chi connectivity index (χ0n) is 16.7. The van der Waals surface area contributed by atoms with Crippen molar-refractivity contribution in [1.82, 2.24) is 19.7 Å². The van der Waals surface area contributed by atoms with Crippen LogP contribution < -0.4 is 10.1 Å². The Morgan fingerprint density at radius 3 is 2.60 bits per heavy atom. The minimum atomic E-state index is -0.0537. The van der Waals surface area contributed by atoms with Gasteiger partial charge in [0.25, 0.3) is 5.95 Å². The standard InChI is InChI=1S/C22H23N5O2S/c1-14-19-20(15-7-9-17(10-8-15)29-16-5-2-3-6-16)30-13-18(28)25-21(19)27(26-14)22-23-11-4-12-24-22/h4,7-12,16,20H,2-3,5-6,13H2,1H3,(H,25,28)/t20-/m1/s1. The Kier molecular flexibility index (Phi) is 5.16. The van der Waals surface area contributed by atoms with Gasteiger partial charge < -0.3 is 10.1 Å². The molecule has 30 heavy (non-hydrogen) atoms. The van der Waals surface area contributed by atoms with E-state index in [0.717, 1.165) is 35.4 Å². The maximum atomic E-state index is 12.4. The largest absolute Gasteiger partial charge is 0.490 e. The number of anilines is 1. The number of thioether (sulfide) groups is 1. The smallest absolute Gasteiger partial charge is 0.252 e. The molecule has 154 valence electrons. The van der Waals surface area contributed by atoms with Crippen molar-refractivity contribution in [1.29, 1.82) is 0 Å². The molecule has 1 N–H and O–H groups in total.